The van der Waals surface area contributed by atoms with Crippen molar-refractivity contribution in [2.45, 2.75) is 45.0 Å². The normalized spacial score (nSPS) is 17.2. The van der Waals surface area contributed by atoms with Crippen molar-refractivity contribution in [1.29, 1.82) is 5.26 Å². The molecule has 2 atom stereocenters. The second kappa shape index (κ2) is 11.3. The molecule has 0 radical (unpaired) electrons. The molecule has 1 heterocycles. The number of benzene rings is 3. The molecule has 39 heavy (non-hydrogen) atoms. The molecule has 2 N–H and O–H groups in total. The van der Waals surface area contributed by atoms with Crippen molar-refractivity contribution in [3.05, 3.63) is 88.7 Å². The van der Waals surface area contributed by atoms with E-state index in [1.54, 1.807) is 42.5 Å². The Labute approximate surface area is 222 Å². The molecule has 0 aliphatic carbocycles. The lowest BCUT2D eigenvalue weighted by Gasteiger charge is -2.26. The molecule has 202 valence electrons. The fourth-order valence-electron chi connectivity index (χ4n) is 4.81. The number of aliphatic carboxylic acids is 1. The van der Waals surface area contributed by atoms with Gasteiger partial charge in [-0.05, 0) is 65.4 Å². The molecule has 0 aromatic heterocycles. The van der Waals surface area contributed by atoms with Gasteiger partial charge in [0.15, 0.2) is 0 Å². The Morgan fingerprint density at radius 3 is 2.36 bits per heavy atom. The second-order valence-electron chi connectivity index (χ2n) is 9.42. The molecular formula is C29H25F4N3O3. The van der Waals surface area contributed by atoms with Crippen LogP contribution in [-0.2, 0) is 17.8 Å². The third-order valence-electron chi connectivity index (χ3n) is 6.79. The zero-order valence-corrected chi connectivity index (χ0v) is 20.9. The Kier molecular flexibility index (Phi) is 8.02. The van der Waals surface area contributed by atoms with Crippen molar-refractivity contribution in [3.63, 3.8) is 0 Å². The average molecular weight is 540 g/mol. The molecule has 0 spiro atoms. The number of carboxylic acids is 1. The van der Waals surface area contributed by atoms with Gasteiger partial charge in [0.05, 0.1) is 30.8 Å². The number of hydrogen-bond acceptors (Lipinski definition) is 5. The Balaban J connectivity index is 1.58. The average Bonchev–Trinajstić information content (AvgIpc) is 3.24. The highest BCUT2D eigenvalue weighted by molar-refractivity contribution is 5.96. The lowest BCUT2D eigenvalue weighted by atomic mass is 9.90. The van der Waals surface area contributed by atoms with Crippen LogP contribution in [0.2, 0.25) is 0 Å². The van der Waals surface area contributed by atoms with Crippen LogP contribution in [0, 0.1) is 30.0 Å². The number of rotatable bonds is 8. The van der Waals surface area contributed by atoms with Crippen LogP contribution in [0.3, 0.4) is 0 Å². The third kappa shape index (κ3) is 6.10. The Morgan fingerprint density at radius 2 is 1.77 bits per heavy atom. The first-order valence-electron chi connectivity index (χ1n) is 12.1. The molecule has 0 saturated carbocycles. The van der Waals surface area contributed by atoms with E-state index in [0.29, 0.717) is 28.8 Å². The van der Waals surface area contributed by atoms with Crippen LogP contribution in [0.4, 0.5) is 23.2 Å². The molecule has 2 unspecified atom stereocenters. The highest BCUT2D eigenvalue weighted by atomic mass is 19.4. The van der Waals surface area contributed by atoms with Crippen LogP contribution in [0.5, 0.6) is 0 Å². The molecule has 1 aliphatic heterocycles. The van der Waals surface area contributed by atoms with E-state index in [1.165, 1.54) is 12.1 Å². The van der Waals surface area contributed by atoms with E-state index in [1.807, 2.05) is 19.1 Å². The van der Waals surface area contributed by atoms with Crippen molar-refractivity contribution in [2.24, 2.45) is 11.0 Å². The summed E-state index contributed by atoms with van der Waals surface area (Å²) in [5.74, 6) is -3.06. The summed E-state index contributed by atoms with van der Waals surface area (Å²) >= 11 is 0. The van der Waals surface area contributed by atoms with Gasteiger partial charge in [-0.2, -0.15) is 23.5 Å². The summed E-state index contributed by atoms with van der Waals surface area (Å²) in [6, 6.07) is 17.1. The number of carbonyl (C=O) groups is 1. The topological polar surface area (TPSA) is 96.9 Å². The van der Waals surface area contributed by atoms with Gasteiger partial charge >= 0.3 is 12.1 Å². The number of hydrazone groups is 1. The molecule has 3 aromatic carbocycles. The summed E-state index contributed by atoms with van der Waals surface area (Å²) in [6.07, 6.45) is -5.41. The van der Waals surface area contributed by atoms with Gasteiger partial charge < -0.3 is 10.2 Å². The Morgan fingerprint density at radius 1 is 1.08 bits per heavy atom. The van der Waals surface area contributed by atoms with Crippen LogP contribution in [0.15, 0.2) is 65.8 Å². The maximum atomic E-state index is 14.4. The number of alkyl halides is 3. The van der Waals surface area contributed by atoms with E-state index < -0.39 is 48.5 Å². The van der Waals surface area contributed by atoms with Crippen LogP contribution in [0.1, 0.15) is 35.1 Å². The van der Waals surface area contributed by atoms with Crippen molar-refractivity contribution in [2.75, 3.05) is 5.01 Å². The Hall–Kier alpha value is -4.23. The van der Waals surface area contributed by atoms with E-state index >= 15 is 0 Å². The second-order valence-corrected chi connectivity index (χ2v) is 9.42. The molecule has 3 aromatic rings. The summed E-state index contributed by atoms with van der Waals surface area (Å²) in [6.45, 7) is 1.70. The maximum absolute atomic E-state index is 14.4. The number of aliphatic hydroxyl groups excluding tert-OH is 1. The van der Waals surface area contributed by atoms with Gasteiger partial charge in [-0.1, -0.05) is 36.4 Å². The van der Waals surface area contributed by atoms with Gasteiger partial charge in [-0.15, -0.1) is 0 Å². The number of aryl methyl sites for hydroxylation is 1. The molecule has 0 fully saturated rings. The van der Waals surface area contributed by atoms with Gasteiger partial charge in [0.25, 0.3) is 0 Å². The van der Waals surface area contributed by atoms with Gasteiger partial charge in [0, 0.05) is 17.9 Å². The van der Waals surface area contributed by atoms with E-state index in [4.69, 9.17) is 5.26 Å². The van der Waals surface area contributed by atoms with E-state index in [0.717, 1.165) is 21.7 Å². The molecule has 0 bridgehead atoms. The van der Waals surface area contributed by atoms with Crippen LogP contribution >= 0.6 is 0 Å². The fraction of sp³-hybridized carbons (Fsp3) is 0.276. The van der Waals surface area contributed by atoms with Crippen molar-refractivity contribution in [3.8, 4) is 17.2 Å². The molecule has 10 heteroatoms. The minimum atomic E-state index is -4.79. The standard InChI is InChI=1S/C29H25F4N3O3/c1-17-12-21(24-14-19(16-37)4-9-25(24)30)6-5-20(17)13-18-2-7-22(8-3-18)36-26(15-27(38)39)23(10-11-34)28(35-36)29(31,32)33/h2-9,12,14,23,26,37H,10,13,15-16H2,1H3,(H,38,39). The number of halogens is 4. The molecule has 1 aliphatic rings. The summed E-state index contributed by atoms with van der Waals surface area (Å²) in [5, 5.41) is 32.5. The first-order chi connectivity index (χ1) is 18.5. The molecular weight excluding hydrogens is 514 g/mol. The molecule has 6 nitrogen and oxygen atoms in total. The summed E-state index contributed by atoms with van der Waals surface area (Å²) in [7, 11) is 0. The lowest BCUT2D eigenvalue weighted by Crippen LogP contribution is -2.38. The third-order valence-corrected chi connectivity index (χ3v) is 6.79. The van der Waals surface area contributed by atoms with Gasteiger partial charge in [-0.25, -0.2) is 4.39 Å². The minimum absolute atomic E-state index is 0.198. The van der Waals surface area contributed by atoms with Gasteiger partial charge in [0.1, 0.15) is 11.5 Å². The number of anilines is 1. The number of nitrogens with zero attached hydrogens (tertiary/aromatic N) is 3. The first kappa shape index (κ1) is 27.8. The van der Waals surface area contributed by atoms with E-state index in [2.05, 4.69) is 5.10 Å². The van der Waals surface area contributed by atoms with Gasteiger partial charge in [0.2, 0.25) is 0 Å². The predicted octanol–water partition coefficient (Wildman–Crippen LogP) is 6.00. The van der Waals surface area contributed by atoms with Crippen LogP contribution in [0.25, 0.3) is 11.1 Å². The molecule has 4 rings (SSSR count). The monoisotopic (exact) mass is 539 g/mol. The number of hydrogen-bond donors (Lipinski definition) is 2. The lowest BCUT2D eigenvalue weighted by molar-refractivity contribution is -0.137. The minimum Gasteiger partial charge on any atom is -0.481 e. The fourth-order valence-corrected chi connectivity index (χ4v) is 4.81. The quantitative estimate of drug-likeness (QED) is 0.343. The van der Waals surface area contributed by atoms with E-state index in [-0.39, 0.29) is 6.61 Å². The van der Waals surface area contributed by atoms with Crippen molar-refractivity contribution in [1.82, 2.24) is 0 Å². The number of carboxylic acid groups (broad SMARTS) is 1. The van der Waals surface area contributed by atoms with E-state index in [9.17, 15) is 32.6 Å². The van der Waals surface area contributed by atoms with Crippen molar-refractivity contribution >= 4 is 17.4 Å². The van der Waals surface area contributed by atoms with Crippen molar-refractivity contribution < 1.29 is 32.6 Å². The largest absolute Gasteiger partial charge is 0.481 e. The van der Waals surface area contributed by atoms with Crippen LogP contribution < -0.4 is 5.01 Å². The number of nitriles is 1. The summed E-state index contributed by atoms with van der Waals surface area (Å²) < 4.78 is 55.3. The predicted molar refractivity (Wildman–Crippen MR) is 137 cm³/mol. The highest BCUT2D eigenvalue weighted by Gasteiger charge is 2.50. The molecule has 0 saturated heterocycles. The summed E-state index contributed by atoms with van der Waals surface area (Å²) in [4.78, 5) is 11.4. The molecule has 0 amide bonds. The first-order valence-corrected chi connectivity index (χ1v) is 12.1. The van der Waals surface area contributed by atoms with Gasteiger partial charge in [-0.3, -0.25) is 9.80 Å². The summed E-state index contributed by atoms with van der Waals surface area (Å²) in [5.41, 5.74) is 3.51. The SMILES string of the molecule is Cc1cc(-c2cc(CO)ccc2F)ccc1Cc1ccc(N2N=C(C(F)(F)F)C(CC#N)C2CC(=O)O)cc1. The highest BCUT2D eigenvalue weighted by Crippen LogP contribution is 2.38. The number of aliphatic hydroxyl groups is 1. The van der Waals surface area contributed by atoms with Crippen LogP contribution in [-0.4, -0.2) is 34.1 Å². The smallest absolute Gasteiger partial charge is 0.431 e. The Bertz CT molecular complexity index is 1450. The zero-order chi connectivity index (χ0) is 28.3. The maximum Gasteiger partial charge on any atom is 0.431 e. The zero-order valence-electron chi connectivity index (χ0n) is 20.9.